The molecule has 0 unspecified atom stereocenters. The Kier molecular flexibility index (Phi) is 9.86. The third-order valence-corrected chi connectivity index (χ3v) is 5.78. The number of fused-ring (bicyclic) bond motifs is 2. The molecular formula is C26H35N3O4. The molecule has 0 amide bonds. The zero-order valence-electron chi connectivity index (χ0n) is 19.3. The first-order valence-electron chi connectivity index (χ1n) is 11.9. The molecule has 2 aromatic carbocycles. The molecule has 0 bridgehead atoms. The van der Waals surface area contributed by atoms with Crippen molar-refractivity contribution in [2.24, 2.45) is 0 Å². The van der Waals surface area contributed by atoms with Crippen LogP contribution in [0.1, 0.15) is 5.56 Å². The van der Waals surface area contributed by atoms with E-state index in [9.17, 15) is 0 Å². The van der Waals surface area contributed by atoms with Gasteiger partial charge in [0.2, 0.25) is 0 Å². The second kappa shape index (κ2) is 13.5. The lowest BCUT2D eigenvalue weighted by molar-refractivity contribution is 0.0195. The molecule has 33 heavy (non-hydrogen) atoms. The van der Waals surface area contributed by atoms with E-state index in [1.54, 1.807) is 0 Å². The number of aromatic nitrogens is 1. The highest BCUT2D eigenvalue weighted by Gasteiger charge is 2.13. The minimum absolute atomic E-state index is 0.606. The maximum Gasteiger partial charge on any atom is 0.0713 e. The van der Waals surface area contributed by atoms with E-state index in [0.717, 1.165) is 43.8 Å². The van der Waals surface area contributed by atoms with Gasteiger partial charge in [0.15, 0.2) is 0 Å². The Morgan fingerprint density at radius 2 is 1.12 bits per heavy atom. The van der Waals surface area contributed by atoms with Crippen molar-refractivity contribution in [2.45, 2.75) is 6.54 Å². The number of nitrogens with one attached hydrogen (secondary N) is 1. The van der Waals surface area contributed by atoms with Gasteiger partial charge in [-0.25, -0.2) is 4.98 Å². The van der Waals surface area contributed by atoms with Crippen molar-refractivity contribution in [1.29, 1.82) is 0 Å². The van der Waals surface area contributed by atoms with Crippen LogP contribution in [0.25, 0.3) is 21.8 Å². The smallest absolute Gasteiger partial charge is 0.0713 e. The van der Waals surface area contributed by atoms with Gasteiger partial charge in [0, 0.05) is 43.5 Å². The second-order valence-corrected chi connectivity index (χ2v) is 8.10. The fraction of sp³-hybridized carbons (Fsp3) is 0.500. The minimum Gasteiger partial charge on any atom is -0.378 e. The highest BCUT2D eigenvalue weighted by Crippen LogP contribution is 2.27. The van der Waals surface area contributed by atoms with Gasteiger partial charge in [0.1, 0.15) is 0 Å². The number of rotatable bonds is 2. The van der Waals surface area contributed by atoms with Crippen molar-refractivity contribution in [1.82, 2.24) is 15.2 Å². The van der Waals surface area contributed by atoms with Crippen molar-refractivity contribution >= 4 is 21.8 Å². The van der Waals surface area contributed by atoms with E-state index in [-0.39, 0.29) is 0 Å². The highest BCUT2D eigenvalue weighted by molar-refractivity contribution is 5.97. The summed E-state index contributed by atoms with van der Waals surface area (Å²) in [5.41, 5.74) is 3.37. The fourth-order valence-electron chi connectivity index (χ4n) is 4.04. The van der Waals surface area contributed by atoms with Gasteiger partial charge in [-0.05, 0) is 17.7 Å². The Labute approximate surface area is 196 Å². The molecule has 7 heteroatoms. The molecule has 1 N–H and O–H groups in total. The molecule has 0 atom stereocenters. The SMILES string of the molecule is c1ccc2c(CN3CCOCCOCCNCCOCCOCC3)c3ccccc3nc2c1. The first kappa shape index (κ1) is 24.0. The Balaban J connectivity index is 1.46. The van der Waals surface area contributed by atoms with E-state index < -0.39 is 0 Å². The summed E-state index contributed by atoms with van der Waals surface area (Å²) in [6.07, 6.45) is 0. The Hall–Kier alpha value is -2.13. The van der Waals surface area contributed by atoms with Crippen LogP contribution in [0.2, 0.25) is 0 Å². The molecule has 0 saturated carbocycles. The summed E-state index contributed by atoms with van der Waals surface area (Å²) in [7, 11) is 0. The molecule has 3 aromatic rings. The largest absolute Gasteiger partial charge is 0.378 e. The van der Waals surface area contributed by atoms with Crippen LogP contribution in [-0.2, 0) is 25.5 Å². The lowest BCUT2D eigenvalue weighted by Gasteiger charge is -2.24. The van der Waals surface area contributed by atoms with Crippen molar-refractivity contribution in [2.75, 3.05) is 79.0 Å². The van der Waals surface area contributed by atoms with Crippen LogP contribution >= 0.6 is 0 Å². The molecule has 178 valence electrons. The Bertz CT molecular complexity index is 912. The molecule has 7 nitrogen and oxygen atoms in total. The number of hydrogen-bond acceptors (Lipinski definition) is 7. The van der Waals surface area contributed by atoms with Crippen molar-refractivity contribution < 1.29 is 18.9 Å². The van der Waals surface area contributed by atoms with Crippen LogP contribution in [0.15, 0.2) is 48.5 Å². The maximum absolute atomic E-state index is 5.86. The lowest BCUT2D eigenvalue weighted by Crippen LogP contribution is -2.32. The van der Waals surface area contributed by atoms with Gasteiger partial charge in [-0.1, -0.05) is 36.4 Å². The van der Waals surface area contributed by atoms with Gasteiger partial charge in [-0.2, -0.15) is 0 Å². The molecule has 1 aromatic heterocycles. The summed E-state index contributed by atoms with van der Waals surface area (Å²) in [5, 5.41) is 5.70. The van der Waals surface area contributed by atoms with Crippen LogP contribution in [0, 0.1) is 0 Å². The van der Waals surface area contributed by atoms with Gasteiger partial charge in [0.05, 0.1) is 63.9 Å². The topological polar surface area (TPSA) is 65.1 Å². The monoisotopic (exact) mass is 453 g/mol. The summed E-state index contributed by atoms with van der Waals surface area (Å²) in [6.45, 7) is 9.22. The highest BCUT2D eigenvalue weighted by atomic mass is 16.5. The maximum atomic E-state index is 5.86. The summed E-state index contributed by atoms with van der Waals surface area (Å²) >= 11 is 0. The molecule has 1 fully saturated rings. The van der Waals surface area contributed by atoms with E-state index >= 15 is 0 Å². The van der Waals surface area contributed by atoms with Crippen LogP contribution < -0.4 is 5.32 Å². The first-order valence-corrected chi connectivity index (χ1v) is 11.9. The molecule has 0 radical (unpaired) electrons. The molecule has 1 saturated heterocycles. The number of hydrogen-bond donors (Lipinski definition) is 1. The quantitative estimate of drug-likeness (QED) is 0.599. The summed E-state index contributed by atoms with van der Waals surface area (Å²) in [6, 6.07) is 16.8. The van der Waals surface area contributed by atoms with Crippen LogP contribution in [0.4, 0.5) is 0 Å². The number of nitrogens with zero attached hydrogens (tertiary/aromatic N) is 2. The average Bonchev–Trinajstić information content (AvgIpc) is 2.84. The van der Waals surface area contributed by atoms with E-state index in [1.807, 2.05) is 12.1 Å². The Morgan fingerprint density at radius 3 is 1.67 bits per heavy atom. The molecule has 0 spiro atoms. The number of benzene rings is 2. The zero-order valence-corrected chi connectivity index (χ0v) is 19.3. The number of para-hydroxylation sites is 2. The van der Waals surface area contributed by atoms with Crippen molar-refractivity contribution in [3.8, 4) is 0 Å². The van der Waals surface area contributed by atoms with Gasteiger partial charge in [-0.15, -0.1) is 0 Å². The standard InChI is InChI=1S/C26H35N3O4/c1-3-7-25-22(5-1)24(23-6-2-4-8-26(23)28-25)21-29-11-15-32-19-17-30-13-9-27-10-14-31-18-20-33-16-12-29/h1-8,27H,9-21H2. The average molecular weight is 454 g/mol. The van der Waals surface area contributed by atoms with Crippen molar-refractivity contribution in [3.05, 3.63) is 54.1 Å². The van der Waals surface area contributed by atoms with Crippen LogP contribution in [0.3, 0.4) is 0 Å². The number of pyridine rings is 1. The van der Waals surface area contributed by atoms with Crippen molar-refractivity contribution in [3.63, 3.8) is 0 Å². The second-order valence-electron chi connectivity index (χ2n) is 8.10. The van der Waals surface area contributed by atoms with Crippen LogP contribution in [0.5, 0.6) is 0 Å². The zero-order chi connectivity index (χ0) is 22.6. The van der Waals surface area contributed by atoms with Crippen LogP contribution in [-0.4, -0.2) is 88.9 Å². The van der Waals surface area contributed by atoms with E-state index in [0.29, 0.717) is 52.9 Å². The third kappa shape index (κ3) is 7.43. The molecular weight excluding hydrogens is 418 g/mol. The predicted molar refractivity (Wildman–Crippen MR) is 131 cm³/mol. The lowest BCUT2D eigenvalue weighted by atomic mass is 10.0. The van der Waals surface area contributed by atoms with E-state index in [1.165, 1.54) is 16.3 Å². The van der Waals surface area contributed by atoms with E-state index in [4.69, 9.17) is 23.9 Å². The summed E-state index contributed by atoms with van der Waals surface area (Å²) < 4.78 is 23.0. The number of ether oxygens (including phenoxy) is 4. The molecule has 2 heterocycles. The molecule has 0 aliphatic carbocycles. The normalized spacial score (nSPS) is 19.3. The molecule has 1 aliphatic heterocycles. The first-order chi connectivity index (χ1) is 16.4. The van der Waals surface area contributed by atoms with Gasteiger partial charge in [-0.3, -0.25) is 4.90 Å². The fourth-order valence-corrected chi connectivity index (χ4v) is 4.04. The van der Waals surface area contributed by atoms with E-state index in [2.05, 4.69) is 46.6 Å². The minimum atomic E-state index is 0.606. The third-order valence-electron chi connectivity index (χ3n) is 5.78. The Morgan fingerprint density at radius 1 is 0.636 bits per heavy atom. The molecule has 1 aliphatic rings. The predicted octanol–water partition coefficient (Wildman–Crippen LogP) is 2.86. The van der Waals surface area contributed by atoms with Gasteiger partial charge >= 0.3 is 0 Å². The summed E-state index contributed by atoms with van der Waals surface area (Å²) in [4.78, 5) is 7.27. The van der Waals surface area contributed by atoms with Gasteiger partial charge in [0.25, 0.3) is 0 Å². The molecule has 4 rings (SSSR count). The van der Waals surface area contributed by atoms with Gasteiger partial charge < -0.3 is 24.3 Å². The summed E-state index contributed by atoms with van der Waals surface area (Å²) in [5.74, 6) is 0.